The Hall–Kier alpha value is -5.54. The summed E-state index contributed by atoms with van der Waals surface area (Å²) < 4.78 is 10.8. The summed E-state index contributed by atoms with van der Waals surface area (Å²) in [6, 6.07) is 35.8. The van der Waals surface area contributed by atoms with Gasteiger partial charge in [0.25, 0.3) is 11.8 Å². The van der Waals surface area contributed by atoms with E-state index in [0.29, 0.717) is 28.4 Å². The molecule has 0 radical (unpaired) electrons. The molecule has 4 aromatic carbocycles. The Morgan fingerprint density at radius 1 is 0.795 bits per heavy atom. The van der Waals surface area contributed by atoms with E-state index in [2.05, 4.69) is 16.0 Å². The number of benzene rings is 4. The Labute approximate surface area is 259 Å². The van der Waals surface area contributed by atoms with Crippen molar-refractivity contribution in [2.24, 2.45) is 0 Å². The number of thioether (sulfide) groups is 1. The van der Waals surface area contributed by atoms with Gasteiger partial charge in [-0.1, -0.05) is 66.7 Å². The molecule has 0 aliphatic heterocycles. The maximum atomic E-state index is 13.6. The van der Waals surface area contributed by atoms with E-state index < -0.39 is 17.1 Å². The van der Waals surface area contributed by atoms with E-state index in [1.54, 1.807) is 79.9 Å². The summed E-state index contributed by atoms with van der Waals surface area (Å²) in [6.07, 6.45) is 2.94. The second-order valence-corrected chi connectivity index (χ2v) is 10.7. The van der Waals surface area contributed by atoms with Crippen LogP contribution in [0.4, 0.5) is 11.4 Å². The Bertz CT molecular complexity index is 1760. The second-order valence-electron chi connectivity index (χ2n) is 9.47. The molecular formula is C35H29N3O5S. The molecular weight excluding hydrogens is 574 g/mol. The average molecular weight is 604 g/mol. The summed E-state index contributed by atoms with van der Waals surface area (Å²) in [5, 5.41) is 7.92. The Balaban J connectivity index is 1.36. The molecule has 0 saturated carbocycles. The van der Waals surface area contributed by atoms with Crippen LogP contribution in [0.2, 0.25) is 0 Å². The summed E-state index contributed by atoms with van der Waals surface area (Å²) in [6.45, 7) is 0. The van der Waals surface area contributed by atoms with Crippen LogP contribution in [-0.4, -0.2) is 24.8 Å². The summed E-state index contributed by atoms with van der Waals surface area (Å²) >= 11 is 1.34. The number of amides is 3. The molecule has 0 saturated heterocycles. The van der Waals surface area contributed by atoms with Gasteiger partial charge in [-0.2, -0.15) is 0 Å². The van der Waals surface area contributed by atoms with Crippen LogP contribution in [0.25, 0.3) is 6.08 Å². The van der Waals surface area contributed by atoms with Crippen LogP contribution in [0, 0.1) is 0 Å². The third kappa shape index (κ3) is 7.84. The highest BCUT2D eigenvalue weighted by Crippen LogP contribution is 2.38. The van der Waals surface area contributed by atoms with Crippen molar-refractivity contribution in [3.8, 4) is 5.75 Å². The van der Waals surface area contributed by atoms with Gasteiger partial charge in [0.1, 0.15) is 22.5 Å². The molecule has 1 aromatic heterocycles. The lowest BCUT2D eigenvalue weighted by Crippen LogP contribution is -2.30. The van der Waals surface area contributed by atoms with Crippen LogP contribution in [0.15, 0.2) is 143 Å². The van der Waals surface area contributed by atoms with E-state index in [4.69, 9.17) is 9.15 Å². The number of rotatable bonds is 11. The molecule has 3 N–H and O–H groups in total. The van der Waals surface area contributed by atoms with E-state index >= 15 is 0 Å². The first kappa shape index (κ1) is 29.9. The van der Waals surface area contributed by atoms with Gasteiger partial charge in [0.2, 0.25) is 5.91 Å². The van der Waals surface area contributed by atoms with Gasteiger partial charge in [0.15, 0.2) is 0 Å². The number of carbonyl (C=O) groups is 3. The Kier molecular flexibility index (Phi) is 9.91. The molecule has 5 rings (SSSR count). The smallest absolute Gasteiger partial charge is 0.272 e. The fourth-order valence-electron chi connectivity index (χ4n) is 4.29. The predicted octanol–water partition coefficient (Wildman–Crippen LogP) is 7.17. The highest BCUT2D eigenvalue weighted by Gasteiger charge is 2.24. The molecule has 1 heterocycles. The van der Waals surface area contributed by atoms with Gasteiger partial charge in [-0.15, -0.1) is 11.8 Å². The van der Waals surface area contributed by atoms with Crippen molar-refractivity contribution < 1.29 is 23.5 Å². The SMILES string of the molecule is COc1ccccc1NC(=O)C(Sc1cccc(NC(=O)/C(=C/c2ccco2)NC(=O)c2ccccc2)c1)c1ccccc1. The number of anilines is 2. The lowest BCUT2D eigenvalue weighted by molar-refractivity contribution is -0.116. The van der Waals surface area contributed by atoms with Crippen molar-refractivity contribution in [1.82, 2.24) is 5.32 Å². The van der Waals surface area contributed by atoms with E-state index in [1.807, 2.05) is 48.5 Å². The number of hydrogen-bond acceptors (Lipinski definition) is 6. The first-order chi connectivity index (χ1) is 21.5. The third-order valence-corrected chi connectivity index (χ3v) is 7.66. The molecule has 0 spiro atoms. The zero-order valence-corrected chi connectivity index (χ0v) is 24.5. The van der Waals surface area contributed by atoms with Gasteiger partial charge in [0, 0.05) is 22.2 Å². The van der Waals surface area contributed by atoms with Crippen LogP contribution < -0.4 is 20.7 Å². The predicted molar refractivity (Wildman–Crippen MR) is 172 cm³/mol. The van der Waals surface area contributed by atoms with Gasteiger partial charge < -0.3 is 25.1 Å². The zero-order chi connectivity index (χ0) is 30.7. The number of nitrogens with one attached hydrogen (secondary N) is 3. The summed E-state index contributed by atoms with van der Waals surface area (Å²) in [4.78, 5) is 40.6. The standard InChI is InChI=1S/C35H29N3O5S/c1-42-31-20-9-8-19-29(31)37-35(41)32(24-12-4-2-5-13-24)44-28-18-10-16-26(22-28)36-34(40)30(23-27-17-11-21-43-27)38-33(39)25-14-6-3-7-15-25/h2-23,32H,1H3,(H,36,40)(H,37,41)(H,38,39)/b30-23-. The normalized spacial score (nSPS) is 11.7. The Morgan fingerprint density at radius 3 is 2.25 bits per heavy atom. The number of carbonyl (C=O) groups excluding carboxylic acids is 3. The highest BCUT2D eigenvalue weighted by atomic mass is 32.2. The lowest BCUT2D eigenvalue weighted by atomic mass is 10.1. The minimum absolute atomic E-state index is 0.00482. The third-order valence-electron chi connectivity index (χ3n) is 6.41. The minimum Gasteiger partial charge on any atom is -0.495 e. The molecule has 9 heteroatoms. The molecule has 1 unspecified atom stereocenters. The van der Waals surface area contributed by atoms with Crippen LogP contribution >= 0.6 is 11.8 Å². The first-order valence-electron chi connectivity index (χ1n) is 13.7. The van der Waals surface area contributed by atoms with Crippen molar-refractivity contribution in [3.63, 3.8) is 0 Å². The molecule has 0 aliphatic rings. The molecule has 0 bridgehead atoms. The summed E-state index contributed by atoms with van der Waals surface area (Å²) in [5.74, 6) is -0.247. The monoisotopic (exact) mass is 603 g/mol. The largest absolute Gasteiger partial charge is 0.495 e. The lowest BCUT2D eigenvalue weighted by Gasteiger charge is -2.19. The van der Waals surface area contributed by atoms with Crippen LogP contribution in [0.3, 0.4) is 0 Å². The van der Waals surface area contributed by atoms with Gasteiger partial charge >= 0.3 is 0 Å². The molecule has 3 amide bonds. The second kappa shape index (κ2) is 14.6. The van der Waals surface area contributed by atoms with Crippen molar-refractivity contribution in [2.75, 3.05) is 17.7 Å². The number of hydrogen-bond donors (Lipinski definition) is 3. The number of para-hydroxylation sites is 2. The maximum Gasteiger partial charge on any atom is 0.272 e. The first-order valence-corrected chi connectivity index (χ1v) is 14.6. The molecule has 44 heavy (non-hydrogen) atoms. The topological polar surface area (TPSA) is 110 Å². The fraction of sp³-hybridized carbons (Fsp3) is 0.0571. The molecule has 1 atom stereocenters. The van der Waals surface area contributed by atoms with Crippen LogP contribution in [-0.2, 0) is 9.59 Å². The highest BCUT2D eigenvalue weighted by molar-refractivity contribution is 8.00. The quantitative estimate of drug-likeness (QED) is 0.109. The molecule has 0 fully saturated rings. The van der Waals surface area contributed by atoms with E-state index in [1.165, 1.54) is 24.1 Å². The minimum atomic E-state index is -0.605. The molecule has 0 aliphatic carbocycles. The number of ether oxygens (including phenoxy) is 1. The number of methoxy groups -OCH3 is 1. The van der Waals surface area contributed by atoms with Crippen LogP contribution in [0.1, 0.15) is 26.9 Å². The van der Waals surface area contributed by atoms with Crippen molar-refractivity contribution in [3.05, 3.63) is 150 Å². The van der Waals surface area contributed by atoms with Crippen molar-refractivity contribution in [1.29, 1.82) is 0 Å². The zero-order valence-electron chi connectivity index (χ0n) is 23.7. The van der Waals surface area contributed by atoms with E-state index in [9.17, 15) is 14.4 Å². The summed E-state index contributed by atoms with van der Waals surface area (Å²) in [5.41, 5.74) is 2.27. The number of furan rings is 1. The van der Waals surface area contributed by atoms with E-state index in [0.717, 1.165) is 10.5 Å². The average Bonchev–Trinajstić information content (AvgIpc) is 3.58. The molecule has 8 nitrogen and oxygen atoms in total. The van der Waals surface area contributed by atoms with Crippen molar-refractivity contribution >= 4 is 46.9 Å². The van der Waals surface area contributed by atoms with E-state index in [-0.39, 0.29) is 11.6 Å². The van der Waals surface area contributed by atoms with Gasteiger partial charge in [-0.25, -0.2) is 0 Å². The van der Waals surface area contributed by atoms with Gasteiger partial charge in [0.05, 0.1) is 19.1 Å². The Morgan fingerprint density at radius 2 is 1.52 bits per heavy atom. The summed E-state index contributed by atoms with van der Waals surface area (Å²) in [7, 11) is 1.55. The van der Waals surface area contributed by atoms with Crippen LogP contribution in [0.5, 0.6) is 5.75 Å². The molecule has 220 valence electrons. The maximum absolute atomic E-state index is 13.6. The van der Waals surface area contributed by atoms with Gasteiger partial charge in [-0.3, -0.25) is 14.4 Å². The van der Waals surface area contributed by atoms with Gasteiger partial charge in [-0.05, 0) is 60.2 Å². The van der Waals surface area contributed by atoms with Crippen molar-refractivity contribution in [2.45, 2.75) is 10.1 Å². The fourth-order valence-corrected chi connectivity index (χ4v) is 5.37. The molecule has 5 aromatic rings.